The highest BCUT2D eigenvalue weighted by atomic mass is 32.2. The lowest BCUT2D eigenvalue weighted by Crippen LogP contribution is -2.16. The summed E-state index contributed by atoms with van der Waals surface area (Å²) in [4.78, 5) is 0. The largest absolute Gasteiger partial charge is 0.487 e. The average Bonchev–Trinajstić information content (AvgIpc) is 2.22. The Labute approximate surface area is 94.1 Å². The Kier molecular flexibility index (Phi) is 4.12. The molecule has 2 N–H and O–H groups in total. The van der Waals surface area contributed by atoms with Crippen LogP contribution in [0.25, 0.3) is 0 Å². The Hall–Kier alpha value is -1.30. The monoisotopic (exact) mass is 247 g/mol. The zero-order valence-corrected chi connectivity index (χ0v) is 9.76. The first-order valence-corrected chi connectivity index (χ1v) is 6.65. The Morgan fingerprint density at radius 1 is 1.44 bits per heavy atom. The molecule has 1 rings (SSSR count). The molecule has 6 heteroatoms. The number of benzene rings is 1. The summed E-state index contributed by atoms with van der Waals surface area (Å²) in [6.45, 7) is 1.45. The van der Waals surface area contributed by atoms with E-state index in [1.54, 1.807) is 6.92 Å². The molecular formula is C10H14FNO3S. The maximum atomic E-state index is 13.2. The minimum absolute atomic E-state index is 0.0448. The van der Waals surface area contributed by atoms with Gasteiger partial charge in [0, 0.05) is 5.75 Å². The number of rotatable bonds is 5. The van der Waals surface area contributed by atoms with Crippen molar-refractivity contribution in [1.82, 2.24) is 0 Å². The Morgan fingerprint density at radius 3 is 2.69 bits per heavy atom. The molecule has 0 fully saturated rings. The third-order valence-corrected chi connectivity index (χ3v) is 3.75. The van der Waals surface area contributed by atoms with Crippen LogP contribution in [-0.4, -0.2) is 26.5 Å². The minimum Gasteiger partial charge on any atom is -0.487 e. The van der Waals surface area contributed by atoms with Crippen molar-refractivity contribution in [2.45, 2.75) is 6.92 Å². The molecule has 0 saturated carbocycles. The van der Waals surface area contributed by atoms with E-state index in [0.29, 0.717) is 0 Å². The molecule has 0 heterocycles. The second-order valence-electron chi connectivity index (χ2n) is 3.24. The molecule has 0 amide bonds. The number of hydrogen-bond donors (Lipinski definition) is 1. The number of anilines is 1. The number of hydrogen-bond acceptors (Lipinski definition) is 4. The van der Waals surface area contributed by atoms with Crippen molar-refractivity contribution >= 4 is 15.5 Å². The van der Waals surface area contributed by atoms with Crippen LogP contribution in [0.4, 0.5) is 10.1 Å². The van der Waals surface area contributed by atoms with Crippen molar-refractivity contribution in [3.05, 3.63) is 24.0 Å². The van der Waals surface area contributed by atoms with Gasteiger partial charge in [0.15, 0.2) is 21.4 Å². The topological polar surface area (TPSA) is 69.4 Å². The number of halogens is 1. The summed E-state index contributed by atoms with van der Waals surface area (Å²) >= 11 is 0. The first kappa shape index (κ1) is 12.8. The van der Waals surface area contributed by atoms with Gasteiger partial charge in [0.25, 0.3) is 0 Å². The summed E-state index contributed by atoms with van der Waals surface area (Å²) in [7, 11) is -3.10. The summed E-state index contributed by atoms with van der Waals surface area (Å²) in [6.07, 6.45) is 0. The molecule has 0 saturated heterocycles. The average molecular weight is 247 g/mol. The summed E-state index contributed by atoms with van der Waals surface area (Å²) in [6, 6.07) is 4.16. The molecule has 0 aliphatic carbocycles. The Balaban J connectivity index is 2.62. The Bertz CT molecular complexity index is 439. The maximum Gasteiger partial charge on any atom is 0.177 e. The molecule has 4 nitrogen and oxygen atoms in total. The van der Waals surface area contributed by atoms with Crippen LogP contribution in [0.2, 0.25) is 0 Å². The molecule has 0 atom stereocenters. The molecule has 0 aromatic heterocycles. The van der Waals surface area contributed by atoms with Gasteiger partial charge in [-0.2, -0.15) is 0 Å². The lowest BCUT2D eigenvalue weighted by molar-refractivity contribution is 0.324. The van der Waals surface area contributed by atoms with Crippen LogP contribution in [0.1, 0.15) is 6.92 Å². The molecule has 0 aliphatic rings. The number of para-hydroxylation sites is 1. The van der Waals surface area contributed by atoms with E-state index in [1.165, 1.54) is 18.2 Å². The van der Waals surface area contributed by atoms with Gasteiger partial charge >= 0.3 is 0 Å². The van der Waals surface area contributed by atoms with Crippen LogP contribution < -0.4 is 10.5 Å². The first-order chi connectivity index (χ1) is 7.46. The number of ether oxygens (including phenoxy) is 1. The van der Waals surface area contributed by atoms with Crippen LogP contribution in [0, 0.1) is 5.82 Å². The normalized spacial score (nSPS) is 11.4. The predicted octanol–water partition coefficient (Wildman–Crippen LogP) is 1.22. The number of nitrogens with two attached hydrogens (primary N) is 1. The fraction of sp³-hybridized carbons (Fsp3) is 0.400. The summed E-state index contributed by atoms with van der Waals surface area (Å²) in [5, 5.41) is 0. The number of nitrogen functional groups attached to an aromatic ring is 1. The molecular weight excluding hydrogens is 233 g/mol. The van der Waals surface area contributed by atoms with Gasteiger partial charge in [-0.1, -0.05) is 13.0 Å². The van der Waals surface area contributed by atoms with Gasteiger partial charge in [0.2, 0.25) is 0 Å². The van der Waals surface area contributed by atoms with Crippen LogP contribution >= 0.6 is 0 Å². The van der Waals surface area contributed by atoms with Crippen molar-refractivity contribution in [2.75, 3.05) is 23.8 Å². The first-order valence-electron chi connectivity index (χ1n) is 4.83. The summed E-state index contributed by atoms with van der Waals surface area (Å²) < 4.78 is 40.5. The number of sulfone groups is 1. The van der Waals surface area contributed by atoms with Crippen LogP contribution in [0.5, 0.6) is 5.75 Å². The van der Waals surface area contributed by atoms with E-state index in [-0.39, 0.29) is 29.5 Å². The van der Waals surface area contributed by atoms with Crippen LogP contribution in [0.15, 0.2) is 18.2 Å². The molecule has 0 bridgehead atoms. The standard InChI is InChI=1S/C10H14FNO3S/c1-2-16(13,14)7-6-15-10-8(11)4-3-5-9(10)12/h3-5H,2,6-7,12H2,1H3. The van der Waals surface area contributed by atoms with E-state index in [2.05, 4.69) is 0 Å². The van der Waals surface area contributed by atoms with E-state index < -0.39 is 15.7 Å². The van der Waals surface area contributed by atoms with Crippen molar-refractivity contribution in [1.29, 1.82) is 0 Å². The summed E-state index contributed by atoms with van der Waals surface area (Å²) in [5.74, 6) is -0.775. The summed E-state index contributed by atoms with van der Waals surface area (Å²) in [5.41, 5.74) is 5.65. The quantitative estimate of drug-likeness (QED) is 0.794. The van der Waals surface area contributed by atoms with Gasteiger partial charge in [-0.3, -0.25) is 0 Å². The minimum atomic E-state index is -3.10. The molecule has 1 aromatic carbocycles. The fourth-order valence-electron chi connectivity index (χ4n) is 1.09. The highest BCUT2D eigenvalue weighted by molar-refractivity contribution is 7.91. The third-order valence-electron chi connectivity index (χ3n) is 2.08. The maximum absolute atomic E-state index is 13.2. The molecule has 0 aliphatic heterocycles. The van der Waals surface area contributed by atoms with Crippen molar-refractivity contribution in [2.24, 2.45) is 0 Å². The molecule has 0 radical (unpaired) electrons. The lowest BCUT2D eigenvalue weighted by Gasteiger charge is -2.09. The zero-order chi connectivity index (χ0) is 12.2. The molecule has 1 aromatic rings. The van der Waals surface area contributed by atoms with E-state index >= 15 is 0 Å². The van der Waals surface area contributed by atoms with Gasteiger partial charge in [-0.15, -0.1) is 0 Å². The van der Waals surface area contributed by atoms with E-state index in [0.717, 1.165) is 0 Å². The van der Waals surface area contributed by atoms with Crippen molar-refractivity contribution in [3.8, 4) is 5.75 Å². The van der Waals surface area contributed by atoms with Crippen molar-refractivity contribution < 1.29 is 17.5 Å². The molecule has 16 heavy (non-hydrogen) atoms. The van der Waals surface area contributed by atoms with Gasteiger partial charge in [-0.25, -0.2) is 12.8 Å². The molecule has 90 valence electrons. The van der Waals surface area contributed by atoms with Gasteiger partial charge < -0.3 is 10.5 Å². The highest BCUT2D eigenvalue weighted by Gasteiger charge is 2.10. The molecule has 0 spiro atoms. The third kappa shape index (κ3) is 3.37. The fourth-order valence-corrected chi connectivity index (χ4v) is 1.72. The predicted molar refractivity (Wildman–Crippen MR) is 60.6 cm³/mol. The van der Waals surface area contributed by atoms with Gasteiger partial charge in [0.05, 0.1) is 11.4 Å². The smallest absolute Gasteiger partial charge is 0.177 e. The van der Waals surface area contributed by atoms with E-state index in [4.69, 9.17) is 10.5 Å². The van der Waals surface area contributed by atoms with Crippen molar-refractivity contribution in [3.63, 3.8) is 0 Å². The lowest BCUT2D eigenvalue weighted by atomic mass is 10.3. The molecule has 0 unspecified atom stereocenters. The second-order valence-corrected chi connectivity index (χ2v) is 5.72. The highest BCUT2D eigenvalue weighted by Crippen LogP contribution is 2.24. The van der Waals surface area contributed by atoms with Gasteiger partial charge in [-0.05, 0) is 12.1 Å². The Morgan fingerprint density at radius 2 is 2.12 bits per heavy atom. The zero-order valence-electron chi connectivity index (χ0n) is 8.94. The van der Waals surface area contributed by atoms with E-state index in [1.807, 2.05) is 0 Å². The van der Waals surface area contributed by atoms with Gasteiger partial charge in [0.1, 0.15) is 6.61 Å². The second kappa shape index (κ2) is 5.16. The van der Waals surface area contributed by atoms with Crippen LogP contribution in [-0.2, 0) is 9.84 Å². The van der Waals surface area contributed by atoms with E-state index in [9.17, 15) is 12.8 Å². The van der Waals surface area contributed by atoms with Crippen LogP contribution in [0.3, 0.4) is 0 Å². The SMILES string of the molecule is CCS(=O)(=O)CCOc1c(N)cccc1F.